The molecule has 0 N–H and O–H groups in total. The molecule has 0 bridgehead atoms. The molecule has 0 radical (unpaired) electrons. The molecule has 4 nitrogen and oxygen atoms in total. The Morgan fingerprint density at radius 3 is 2.11 bits per heavy atom. The summed E-state index contributed by atoms with van der Waals surface area (Å²) in [7, 11) is 0. The summed E-state index contributed by atoms with van der Waals surface area (Å²) in [5.74, 6) is 0.188. The first kappa shape index (κ1) is 15.0. The standard InChI is InChI=1S/C14H24N2O2/c1-13(2,3)12(17)18-16-8-6-11(7-9-16)14(4,5)10-15/h11H,6-9H2,1-5H3. The van der Waals surface area contributed by atoms with E-state index >= 15 is 0 Å². The molecule has 0 aliphatic carbocycles. The Kier molecular flexibility index (Phi) is 4.39. The summed E-state index contributed by atoms with van der Waals surface area (Å²) in [5.41, 5.74) is -0.761. The van der Waals surface area contributed by atoms with Gasteiger partial charge in [0.05, 0.1) is 16.9 Å². The van der Waals surface area contributed by atoms with Gasteiger partial charge in [0, 0.05) is 13.1 Å². The van der Waals surface area contributed by atoms with Crippen molar-refractivity contribution in [2.75, 3.05) is 13.1 Å². The molecule has 1 heterocycles. The lowest BCUT2D eigenvalue weighted by molar-refractivity contribution is -0.207. The van der Waals surface area contributed by atoms with Gasteiger partial charge < -0.3 is 4.84 Å². The molecule has 0 aromatic heterocycles. The van der Waals surface area contributed by atoms with Crippen LogP contribution in [0, 0.1) is 28.1 Å². The number of hydrogen-bond acceptors (Lipinski definition) is 4. The maximum absolute atomic E-state index is 11.8. The van der Waals surface area contributed by atoms with Gasteiger partial charge in [0.15, 0.2) is 0 Å². The lowest BCUT2D eigenvalue weighted by Crippen LogP contribution is -2.41. The van der Waals surface area contributed by atoms with Gasteiger partial charge in [-0.2, -0.15) is 5.26 Å². The van der Waals surface area contributed by atoms with E-state index in [0.29, 0.717) is 5.92 Å². The summed E-state index contributed by atoms with van der Waals surface area (Å²) < 4.78 is 0. The summed E-state index contributed by atoms with van der Waals surface area (Å²) in [4.78, 5) is 17.1. The molecule has 1 rings (SSSR count). The molecule has 18 heavy (non-hydrogen) atoms. The van der Waals surface area contributed by atoms with Gasteiger partial charge in [-0.15, -0.1) is 5.06 Å². The van der Waals surface area contributed by atoms with E-state index in [1.54, 1.807) is 5.06 Å². The van der Waals surface area contributed by atoms with Gasteiger partial charge in [-0.25, -0.2) is 4.79 Å². The van der Waals surface area contributed by atoms with Crippen molar-refractivity contribution in [1.82, 2.24) is 5.06 Å². The SMILES string of the molecule is CC(C)(C)C(=O)ON1CCC(C(C)(C)C#N)CC1. The smallest absolute Gasteiger partial charge is 0.330 e. The quantitative estimate of drug-likeness (QED) is 0.758. The number of nitrogens with zero attached hydrogens (tertiary/aromatic N) is 2. The van der Waals surface area contributed by atoms with Crippen LogP contribution in [-0.4, -0.2) is 24.1 Å². The van der Waals surface area contributed by atoms with Crippen molar-refractivity contribution in [3.8, 4) is 6.07 Å². The number of rotatable bonds is 2. The lowest BCUT2D eigenvalue weighted by Gasteiger charge is -2.36. The second-order valence-corrected chi connectivity index (χ2v) is 6.67. The second-order valence-electron chi connectivity index (χ2n) is 6.67. The van der Waals surface area contributed by atoms with E-state index in [0.717, 1.165) is 25.9 Å². The molecule has 4 heteroatoms. The molecule has 0 saturated carbocycles. The molecule has 102 valence electrons. The van der Waals surface area contributed by atoms with Gasteiger partial charge in [-0.05, 0) is 53.4 Å². The van der Waals surface area contributed by atoms with Crippen molar-refractivity contribution in [2.24, 2.45) is 16.7 Å². The van der Waals surface area contributed by atoms with Crippen molar-refractivity contribution >= 4 is 5.97 Å². The van der Waals surface area contributed by atoms with Gasteiger partial charge in [0.2, 0.25) is 0 Å². The van der Waals surface area contributed by atoms with E-state index in [1.807, 2.05) is 34.6 Å². The minimum Gasteiger partial charge on any atom is -0.367 e. The molecule has 0 amide bonds. The van der Waals surface area contributed by atoms with Crippen LogP contribution in [0.5, 0.6) is 0 Å². The topological polar surface area (TPSA) is 53.3 Å². The first-order chi connectivity index (χ1) is 8.16. The highest BCUT2D eigenvalue weighted by molar-refractivity contribution is 5.75. The molecule has 1 fully saturated rings. The Balaban J connectivity index is 2.46. The summed E-state index contributed by atoms with van der Waals surface area (Å²) in [6.45, 7) is 10.9. The maximum atomic E-state index is 11.8. The molecule has 0 aromatic rings. The average molecular weight is 252 g/mol. The average Bonchev–Trinajstić information content (AvgIpc) is 2.28. The molecular formula is C14H24N2O2. The fourth-order valence-electron chi connectivity index (χ4n) is 2.01. The van der Waals surface area contributed by atoms with Crippen molar-refractivity contribution in [3.05, 3.63) is 0 Å². The normalized spacial score (nSPS) is 19.3. The predicted molar refractivity (Wildman–Crippen MR) is 69.2 cm³/mol. The third-order valence-corrected chi connectivity index (χ3v) is 3.59. The van der Waals surface area contributed by atoms with E-state index in [-0.39, 0.29) is 11.4 Å². The van der Waals surface area contributed by atoms with Crippen molar-refractivity contribution in [3.63, 3.8) is 0 Å². The molecule has 0 spiro atoms. The van der Waals surface area contributed by atoms with E-state index < -0.39 is 5.41 Å². The zero-order valence-corrected chi connectivity index (χ0v) is 12.1. The summed E-state index contributed by atoms with van der Waals surface area (Å²) >= 11 is 0. The zero-order valence-electron chi connectivity index (χ0n) is 12.1. The third-order valence-electron chi connectivity index (χ3n) is 3.59. The Morgan fingerprint density at radius 1 is 1.22 bits per heavy atom. The maximum Gasteiger partial charge on any atom is 0.330 e. The minimum atomic E-state index is -0.469. The minimum absolute atomic E-state index is 0.194. The molecule has 1 saturated heterocycles. The fraction of sp³-hybridized carbons (Fsp3) is 0.857. The second kappa shape index (κ2) is 5.27. The Hall–Kier alpha value is -1.08. The van der Waals surface area contributed by atoms with Gasteiger partial charge in [-0.1, -0.05) is 0 Å². The van der Waals surface area contributed by atoms with E-state index in [2.05, 4.69) is 6.07 Å². The first-order valence-electron chi connectivity index (χ1n) is 6.55. The molecular weight excluding hydrogens is 228 g/mol. The van der Waals surface area contributed by atoms with Crippen LogP contribution in [-0.2, 0) is 9.63 Å². The van der Waals surface area contributed by atoms with E-state index in [9.17, 15) is 4.79 Å². The van der Waals surface area contributed by atoms with Crippen LogP contribution in [0.4, 0.5) is 0 Å². The number of hydroxylamine groups is 2. The van der Waals surface area contributed by atoms with Crippen LogP contribution in [0.25, 0.3) is 0 Å². The summed E-state index contributed by atoms with van der Waals surface area (Å²) in [5, 5.41) is 10.8. The molecule has 0 aromatic carbocycles. The highest BCUT2D eigenvalue weighted by Gasteiger charge is 2.34. The molecule has 0 unspecified atom stereocenters. The number of hydrogen-bond donors (Lipinski definition) is 0. The van der Waals surface area contributed by atoms with E-state index in [4.69, 9.17) is 10.1 Å². The lowest BCUT2D eigenvalue weighted by atomic mass is 9.75. The summed E-state index contributed by atoms with van der Waals surface area (Å²) in [6.07, 6.45) is 1.80. The number of piperidine rings is 1. The Labute approximate surface area is 110 Å². The van der Waals surface area contributed by atoms with Crippen LogP contribution in [0.3, 0.4) is 0 Å². The van der Waals surface area contributed by atoms with Crippen LogP contribution in [0.2, 0.25) is 0 Å². The van der Waals surface area contributed by atoms with Crippen LogP contribution in [0.1, 0.15) is 47.5 Å². The fourth-order valence-corrected chi connectivity index (χ4v) is 2.01. The van der Waals surface area contributed by atoms with Gasteiger partial charge in [-0.3, -0.25) is 0 Å². The van der Waals surface area contributed by atoms with Gasteiger partial charge >= 0.3 is 5.97 Å². The monoisotopic (exact) mass is 252 g/mol. The zero-order chi connectivity index (χ0) is 14.0. The van der Waals surface area contributed by atoms with Crippen molar-refractivity contribution < 1.29 is 9.63 Å². The largest absolute Gasteiger partial charge is 0.367 e. The van der Waals surface area contributed by atoms with Crippen molar-refractivity contribution in [1.29, 1.82) is 5.26 Å². The number of nitriles is 1. The highest BCUT2D eigenvalue weighted by atomic mass is 16.7. The van der Waals surface area contributed by atoms with Crippen LogP contribution >= 0.6 is 0 Å². The molecule has 1 aliphatic heterocycles. The third kappa shape index (κ3) is 3.71. The van der Waals surface area contributed by atoms with Crippen molar-refractivity contribution in [2.45, 2.75) is 47.5 Å². The Bertz CT molecular complexity index is 342. The van der Waals surface area contributed by atoms with Crippen LogP contribution < -0.4 is 0 Å². The van der Waals surface area contributed by atoms with E-state index in [1.165, 1.54) is 0 Å². The summed E-state index contributed by atoms with van der Waals surface area (Å²) in [6, 6.07) is 2.36. The van der Waals surface area contributed by atoms with Gasteiger partial charge in [0.25, 0.3) is 0 Å². The van der Waals surface area contributed by atoms with Crippen LogP contribution in [0.15, 0.2) is 0 Å². The number of carbonyl (C=O) groups is 1. The molecule has 0 atom stereocenters. The molecule has 1 aliphatic rings. The van der Waals surface area contributed by atoms with Gasteiger partial charge in [0.1, 0.15) is 0 Å². The number of carbonyl (C=O) groups excluding carboxylic acids is 1. The highest BCUT2D eigenvalue weighted by Crippen LogP contribution is 2.34. The first-order valence-corrected chi connectivity index (χ1v) is 6.55. The predicted octanol–water partition coefficient (Wildman–Crippen LogP) is 2.75. The Morgan fingerprint density at radius 2 is 1.72 bits per heavy atom.